The first kappa shape index (κ1) is 26.1. The van der Waals surface area contributed by atoms with Crippen LogP contribution in [0.25, 0.3) is 0 Å². The van der Waals surface area contributed by atoms with Gasteiger partial charge in [0.2, 0.25) is 0 Å². The van der Waals surface area contributed by atoms with Crippen LogP contribution in [0.3, 0.4) is 0 Å². The average Bonchev–Trinajstić information content (AvgIpc) is 2.66. The molecular formula is C21H36FIN4O2. The molecule has 0 radical (unpaired) electrons. The van der Waals surface area contributed by atoms with Crippen LogP contribution in [0.4, 0.5) is 4.39 Å². The number of ether oxygens (including phenoxy) is 2. The lowest BCUT2D eigenvalue weighted by Gasteiger charge is -2.34. The number of morpholine rings is 1. The van der Waals surface area contributed by atoms with E-state index in [1.165, 1.54) is 6.07 Å². The van der Waals surface area contributed by atoms with Gasteiger partial charge in [0.05, 0.1) is 25.9 Å². The molecule has 1 aromatic rings. The van der Waals surface area contributed by atoms with Gasteiger partial charge in [0.15, 0.2) is 5.96 Å². The molecular weight excluding hydrogens is 486 g/mol. The molecule has 8 heteroatoms. The third-order valence-electron chi connectivity index (χ3n) is 4.52. The second-order valence-electron chi connectivity index (χ2n) is 7.58. The van der Waals surface area contributed by atoms with Gasteiger partial charge in [-0.25, -0.2) is 9.38 Å². The van der Waals surface area contributed by atoms with Gasteiger partial charge in [-0.3, -0.25) is 4.90 Å². The molecule has 2 rings (SSSR count). The number of nitrogens with zero attached hydrogens (tertiary/aromatic N) is 2. The van der Waals surface area contributed by atoms with Gasteiger partial charge in [0, 0.05) is 45.4 Å². The van der Waals surface area contributed by atoms with Crippen molar-refractivity contribution in [3.63, 3.8) is 0 Å². The maximum atomic E-state index is 13.8. The van der Waals surface area contributed by atoms with E-state index in [-0.39, 0.29) is 42.5 Å². The zero-order chi connectivity index (χ0) is 20.4. The van der Waals surface area contributed by atoms with E-state index < -0.39 is 0 Å². The fourth-order valence-electron chi connectivity index (χ4n) is 3.30. The second kappa shape index (κ2) is 14.1. The summed E-state index contributed by atoms with van der Waals surface area (Å²) >= 11 is 0. The molecule has 0 saturated carbocycles. The van der Waals surface area contributed by atoms with Crippen molar-refractivity contribution in [3.05, 3.63) is 35.1 Å². The monoisotopic (exact) mass is 522 g/mol. The molecule has 1 fully saturated rings. The van der Waals surface area contributed by atoms with E-state index in [0.717, 1.165) is 44.3 Å². The number of hydrogen-bond acceptors (Lipinski definition) is 4. The van der Waals surface area contributed by atoms with E-state index in [1.54, 1.807) is 19.2 Å². The molecule has 0 aromatic heterocycles. The van der Waals surface area contributed by atoms with Gasteiger partial charge in [-0.15, -0.1) is 24.0 Å². The SMILES string of the molecule is CCNC(=NCc1ccc(F)c(COC)c1)NCC1CN(CC(C)C)CCO1.I. The van der Waals surface area contributed by atoms with Crippen LogP contribution in [0, 0.1) is 11.7 Å². The Kier molecular flexibility index (Phi) is 12.7. The quantitative estimate of drug-likeness (QED) is 0.297. The van der Waals surface area contributed by atoms with E-state index >= 15 is 0 Å². The van der Waals surface area contributed by atoms with Gasteiger partial charge in [0.1, 0.15) is 5.82 Å². The summed E-state index contributed by atoms with van der Waals surface area (Å²) in [5.74, 6) is 1.15. The van der Waals surface area contributed by atoms with Gasteiger partial charge in [-0.05, 0) is 30.5 Å². The van der Waals surface area contributed by atoms with Gasteiger partial charge < -0.3 is 20.1 Å². The number of nitrogens with one attached hydrogen (secondary N) is 2. The molecule has 1 atom stereocenters. The minimum atomic E-state index is -0.250. The lowest BCUT2D eigenvalue weighted by molar-refractivity contribution is -0.0284. The molecule has 2 N–H and O–H groups in total. The lowest BCUT2D eigenvalue weighted by atomic mass is 10.1. The summed E-state index contributed by atoms with van der Waals surface area (Å²) in [4.78, 5) is 7.09. The number of hydrogen-bond donors (Lipinski definition) is 2. The Morgan fingerprint density at radius 1 is 1.38 bits per heavy atom. The van der Waals surface area contributed by atoms with Gasteiger partial charge in [-0.1, -0.05) is 19.9 Å². The Hall–Kier alpha value is -0.970. The molecule has 166 valence electrons. The van der Waals surface area contributed by atoms with Crippen molar-refractivity contribution in [2.45, 2.75) is 40.0 Å². The fraction of sp³-hybridized carbons (Fsp3) is 0.667. The lowest BCUT2D eigenvalue weighted by Crippen LogP contribution is -2.50. The van der Waals surface area contributed by atoms with Crippen LogP contribution < -0.4 is 10.6 Å². The Bertz CT molecular complexity index is 631. The zero-order valence-corrected chi connectivity index (χ0v) is 20.4. The highest BCUT2D eigenvalue weighted by molar-refractivity contribution is 14.0. The fourth-order valence-corrected chi connectivity index (χ4v) is 3.30. The molecule has 6 nitrogen and oxygen atoms in total. The highest BCUT2D eigenvalue weighted by Crippen LogP contribution is 2.12. The zero-order valence-electron chi connectivity index (χ0n) is 18.0. The first-order valence-electron chi connectivity index (χ1n) is 10.1. The number of rotatable bonds is 9. The number of methoxy groups -OCH3 is 1. The highest BCUT2D eigenvalue weighted by atomic mass is 127. The van der Waals surface area contributed by atoms with Gasteiger partial charge in [0.25, 0.3) is 0 Å². The third-order valence-corrected chi connectivity index (χ3v) is 4.52. The van der Waals surface area contributed by atoms with Crippen molar-refractivity contribution in [2.75, 3.05) is 46.4 Å². The van der Waals surface area contributed by atoms with E-state index in [1.807, 2.05) is 6.92 Å². The predicted octanol–water partition coefficient (Wildman–Crippen LogP) is 3.00. The first-order chi connectivity index (χ1) is 13.5. The molecule has 1 unspecified atom stereocenters. The van der Waals surface area contributed by atoms with E-state index in [4.69, 9.17) is 9.47 Å². The minimum absolute atomic E-state index is 0. The molecule has 0 spiro atoms. The summed E-state index contributed by atoms with van der Waals surface area (Å²) in [5.41, 5.74) is 1.50. The Labute approximate surface area is 191 Å². The van der Waals surface area contributed by atoms with Crippen LogP contribution in [0.5, 0.6) is 0 Å². The van der Waals surface area contributed by atoms with Gasteiger partial charge in [-0.2, -0.15) is 0 Å². The molecule has 1 aromatic carbocycles. The number of benzene rings is 1. The Morgan fingerprint density at radius 2 is 2.17 bits per heavy atom. The summed E-state index contributed by atoms with van der Waals surface area (Å²) < 4.78 is 24.7. The minimum Gasteiger partial charge on any atom is -0.380 e. The topological polar surface area (TPSA) is 58.1 Å². The number of halogens is 2. The molecule has 1 saturated heterocycles. The predicted molar refractivity (Wildman–Crippen MR) is 126 cm³/mol. The molecule has 0 amide bonds. The van der Waals surface area contributed by atoms with Crippen LogP contribution in [0.1, 0.15) is 31.9 Å². The Balaban J connectivity index is 0.00000420. The standard InChI is InChI=1S/C21H35FN4O2.HI/c1-5-23-21(24-11-17-6-7-20(22)18(10-17)15-27-4)25-12-19-14-26(8-9-28-19)13-16(2)3;/h6-7,10,16,19H,5,8-9,11-15H2,1-4H3,(H2,23,24,25);1H. The van der Waals surface area contributed by atoms with Crippen molar-refractivity contribution in [2.24, 2.45) is 10.9 Å². The van der Waals surface area contributed by atoms with E-state index in [2.05, 4.69) is 34.4 Å². The molecule has 1 heterocycles. The molecule has 29 heavy (non-hydrogen) atoms. The van der Waals surface area contributed by atoms with Crippen LogP contribution in [0.15, 0.2) is 23.2 Å². The molecule has 0 bridgehead atoms. The maximum absolute atomic E-state index is 13.8. The smallest absolute Gasteiger partial charge is 0.191 e. The largest absolute Gasteiger partial charge is 0.380 e. The first-order valence-corrected chi connectivity index (χ1v) is 10.1. The van der Waals surface area contributed by atoms with E-state index in [9.17, 15) is 4.39 Å². The van der Waals surface area contributed by atoms with Crippen molar-refractivity contribution in [1.82, 2.24) is 15.5 Å². The van der Waals surface area contributed by atoms with Gasteiger partial charge >= 0.3 is 0 Å². The van der Waals surface area contributed by atoms with Crippen LogP contribution in [-0.4, -0.2) is 63.4 Å². The normalized spacial score (nSPS) is 17.9. The summed E-state index contributed by atoms with van der Waals surface area (Å²) in [6.07, 6.45) is 0.149. The number of aliphatic imine (C=N–C) groups is 1. The van der Waals surface area contributed by atoms with Crippen LogP contribution in [-0.2, 0) is 22.6 Å². The van der Waals surface area contributed by atoms with Crippen molar-refractivity contribution < 1.29 is 13.9 Å². The summed E-state index contributed by atoms with van der Waals surface area (Å²) in [5, 5.41) is 6.63. The molecule has 0 aliphatic carbocycles. The summed E-state index contributed by atoms with van der Waals surface area (Å²) in [7, 11) is 1.56. The summed E-state index contributed by atoms with van der Waals surface area (Å²) in [6.45, 7) is 12.5. The van der Waals surface area contributed by atoms with E-state index in [0.29, 0.717) is 24.6 Å². The molecule has 1 aliphatic rings. The van der Waals surface area contributed by atoms with Crippen molar-refractivity contribution in [3.8, 4) is 0 Å². The van der Waals surface area contributed by atoms with Crippen molar-refractivity contribution in [1.29, 1.82) is 0 Å². The number of guanidine groups is 1. The van der Waals surface area contributed by atoms with Crippen LogP contribution in [0.2, 0.25) is 0 Å². The Morgan fingerprint density at radius 3 is 2.86 bits per heavy atom. The van der Waals surface area contributed by atoms with Crippen molar-refractivity contribution >= 4 is 29.9 Å². The second-order valence-corrected chi connectivity index (χ2v) is 7.58. The third kappa shape index (κ3) is 9.59. The maximum Gasteiger partial charge on any atom is 0.191 e. The molecule has 1 aliphatic heterocycles. The average molecular weight is 522 g/mol. The van der Waals surface area contributed by atoms with Crippen LogP contribution >= 0.6 is 24.0 Å². The highest BCUT2D eigenvalue weighted by Gasteiger charge is 2.21. The summed E-state index contributed by atoms with van der Waals surface area (Å²) in [6, 6.07) is 5.04.